The van der Waals surface area contributed by atoms with Crippen molar-refractivity contribution in [2.24, 2.45) is 0 Å². The molecule has 4 aromatic carbocycles. The minimum Gasteiger partial charge on any atom is -0.481 e. The summed E-state index contributed by atoms with van der Waals surface area (Å²) in [5.74, 6) is -0.877. The minimum atomic E-state index is -0.739. The smallest absolute Gasteiger partial charge is 0.303 e. The predicted octanol–water partition coefficient (Wildman–Crippen LogP) is 11.3. The molecule has 10 N–H and O–H groups in total. The molecule has 0 radical (unpaired) electrons. The van der Waals surface area contributed by atoms with Crippen molar-refractivity contribution in [3.05, 3.63) is 115 Å². The lowest BCUT2D eigenvalue weighted by Gasteiger charge is -2.14. The molecule has 0 bridgehead atoms. The van der Waals surface area contributed by atoms with Gasteiger partial charge in [-0.15, -0.1) is 0 Å². The highest BCUT2D eigenvalue weighted by Gasteiger charge is 2.21. The van der Waals surface area contributed by atoms with Gasteiger partial charge in [0.2, 0.25) is 5.91 Å². The van der Waals surface area contributed by atoms with Crippen LogP contribution in [0.1, 0.15) is 109 Å². The van der Waals surface area contributed by atoms with Gasteiger partial charge in [0.1, 0.15) is 0 Å². The average molecular weight is 993 g/mol. The molecule has 0 unspecified atom stereocenters. The summed E-state index contributed by atoms with van der Waals surface area (Å²) < 4.78 is 4.41. The predicted molar refractivity (Wildman–Crippen MR) is 274 cm³/mol. The molecule has 2 aromatic heterocycles. The second-order valence-corrected chi connectivity index (χ2v) is 18.5. The number of para-hydroxylation sites is 2. The van der Waals surface area contributed by atoms with E-state index in [-0.39, 0.29) is 24.1 Å². The van der Waals surface area contributed by atoms with E-state index in [9.17, 15) is 19.2 Å². The fourth-order valence-corrected chi connectivity index (χ4v) is 9.13. The highest BCUT2D eigenvalue weighted by atomic mass is 35.5. The number of rotatable bonds is 17. The highest BCUT2D eigenvalue weighted by Crippen LogP contribution is 2.33. The fraction of sp³-hybridized carbons (Fsp3) is 0.360. The van der Waals surface area contributed by atoms with Gasteiger partial charge in [-0.2, -0.15) is 0 Å². The summed E-state index contributed by atoms with van der Waals surface area (Å²) >= 11 is 23.1. The summed E-state index contributed by atoms with van der Waals surface area (Å²) in [6, 6.07) is 18.6. The molecule has 6 aromatic rings. The molecule has 4 heterocycles. The number of unbranched alkanes of at least 4 members (excludes halogenated alkanes) is 6. The Morgan fingerprint density at radius 3 is 1.48 bits per heavy atom. The first kappa shape index (κ1) is 50.8. The summed E-state index contributed by atoms with van der Waals surface area (Å²) in [6.45, 7) is 3.20. The van der Waals surface area contributed by atoms with Crippen LogP contribution in [0.25, 0.3) is 21.8 Å². The third-order valence-electron chi connectivity index (χ3n) is 11.9. The maximum Gasteiger partial charge on any atom is 0.303 e. The zero-order valence-corrected chi connectivity index (χ0v) is 40.4. The van der Waals surface area contributed by atoms with Gasteiger partial charge in [-0.25, -0.2) is 0 Å². The maximum atomic E-state index is 12.7. The lowest BCUT2D eigenvalue weighted by molar-refractivity contribution is -0.137. The van der Waals surface area contributed by atoms with Crippen molar-refractivity contribution in [1.82, 2.24) is 19.8 Å². The van der Waals surface area contributed by atoms with Gasteiger partial charge in [-0.1, -0.05) is 108 Å². The number of carbonyl (C=O) groups excluding carboxylic acids is 3. The molecule has 0 fully saturated rings. The number of nitrogens with two attached hydrogens (primary N) is 3. The van der Waals surface area contributed by atoms with Crippen molar-refractivity contribution in [3.8, 4) is 0 Å². The molecule has 17 heteroatoms. The van der Waals surface area contributed by atoms with E-state index in [1.807, 2.05) is 36.7 Å². The van der Waals surface area contributed by atoms with Crippen LogP contribution >= 0.6 is 46.4 Å². The van der Waals surface area contributed by atoms with Crippen molar-refractivity contribution in [2.75, 3.05) is 35.6 Å². The zero-order chi connectivity index (χ0) is 48.0. The summed E-state index contributed by atoms with van der Waals surface area (Å²) in [5.41, 5.74) is 25.1. The van der Waals surface area contributed by atoms with Crippen LogP contribution in [-0.4, -0.2) is 51.0 Å². The summed E-state index contributed by atoms with van der Waals surface area (Å²) in [6.07, 6.45) is 15.9. The van der Waals surface area contributed by atoms with Crippen LogP contribution in [0.4, 0.5) is 22.7 Å². The summed E-state index contributed by atoms with van der Waals surface area (Å²) in [4.78, 5) is 47.8. The number of nitrogen functional groups attached to an aromatic ring is 3. The third-order valence-corrected chi connectivity index (χ3v) is 13.3. The van der Waals surface area contributed by atoms with E-state index in [1.54, 1.807) is 6.07 Å². The van der Waals surface area contributed by atoms with Gasteiger partial charge >= 0.3 is 5.97 Å². The van der Waals surface area contributed by atoms with Crippen LogP contribution < -0.4 is 33.2 Å². The first-order valence-electron chi connectivity index (χ1n) is 22.8. The molecule has 67 heavy (non-hydrogen) atoms. The van der Waals surface area contributed by atoms with Crippen LogP contribution in [0, 0.1) is 0 Å². The largest absolute Gasteiger partial charge is 0.481 e. The number of hydrogen-bond donors (Lipinski definition) is 7. The molecule has 3 amide bonds. The number of carboxylic acids is 1. The molecule has 0 aliphatic carbocycles. The first-order valence-corrected chi connectivity index (χ1v) is 24.3. The normalized spacial score (nSPS) is 12.4. The van der Waals surface area contributed by atoms with Crippen LogP contribution in [0.15, 0.2) is 73.1 Å². The highest BCUT2D eigenvalue weighted by molar-refractivity contribution is 6.43. The number of hydrogen-bond acceptors (Lipinski definition) is 7. The molecule has 356 valence electrons. The standard InChI is InChI=1S/C25H28Cl2N4O2.C19H24N2O3.C6H6Cl2N2/c26-19-13-21(28)22(14-20(19)27)30-23(32)10-3-1-2-4-11-29-25(33)18-15-31-12-6-8-16-7-5-9-17(18)24(16)31;22-17(23)10-3-1-2-4-11-20-19(24)16-13-21-12-6-8-14-7-5-9-15(16)18(14)21;7-3-1-5(9)6(10)2-4(3)8/h5,7,9,13-15H,1-4,6,8,10-12,28H2,(H,29,33)(H,30,32);5,7,9,13H,1-4,6,8,10-12H2,(H,20,24)(H,22,23);1-2H,9-10H2. The minimum absolute atomic E-state index is 0.0108. The van der Waals surface area contributed by atoms with Gasteiger partial charge in [-0.3, -0.25) is 19.2 Å². The van der Waals surface area contributed by atoms with Gasteiger partial charge < -0.3 is 47.4 Å². The van der Waals surface area contributed by atoms with E-state index < -0.39 is 5.97 Å². The SMILES string of the molecule is Nc1cc(Cl)c(Cl)cc1N.Nc1cc(Cl)c(Cl)cc1NC(=O)CCCCCCNC(=O)c1cn2c3c(cccc13)CCC2.O=C(O)CCCCCCNC(=O)c1cn2c3c(cccc13)CCC2. The fourth-order valence-electron chi connectivity index (χ4n) is 8.45. The van der Waals surface area contributed by atoms with Crippen LogP contribution in [0.3, 0.4) is 0 Å². The average Bonchev–Trinajstić information content (AvgIpc) is 3.88. The number of carboxylic acid groups (broad SMARTS) is 1. The Bertz CT molecular complexity index is 2680. The monoisotopic (exact) mass is 990 g/mol. The molecule has 8 rings (SSSR count). The first-order chi connectivity index (χ1) is 32.2. The lowest BCUT2D eigenvalue weighted by Crippen LogP contribution is -2.24. The number of nitrogens with zero attached hydrogens (tertiary/aromatic N) is 2. The van der Waals surface area contributed by atoms with Crippen LogP contribution in [0.2, 0.25) is 20.1 Å². The Morgan fingerprint density at radius 1 is 0.567 bits per heavy atom. The second kappa shape index (κ2) is 24.4. The van der Waals surface area contributed by atoms with Crippen molar-refractivity contribution in [3.63, 3.8) is 0 Å². The topological polar surface area (TPSA) is 213 Å². The molecule has 0 spiro atoms. The Balaban J connectivity index is 0.000000189. The van der Waals surface area contributed by atoms with E-state index in [4.69, 9.17) is 68.7 Å². The second-order valence-electron chi connectivity index (χ2n) is 16.8. The molecule has 2 aliphatic heterocycles. The van der Waals surface area contributed by atoms with Gasteiger partial charge in [0.05, 0.1) is 65.0 Å². The van der Waals surface area contributed by atoms with E-state index in [1.165, 1.54) is 40.4 Å². The summed E-state index contributed by atoms with van der Waals surface area (Å²) in [5, 5.41) is 21.1. The zero-order valence-electron chi connectivity index (χ0n) is 37.4. The number of anilines is 4. The quantitative estimate of drug-likeness (QED) is 0.0344. The van der Waals surface area contributed by atoms with E-state index in [0.29, 0.717) is 68.8 Å². The van der Waals surface area contributed by atoms with Gasteiger partial charge in [-0.05, 0) is 86.8 Å². The molecule has 0 saturated heterocycles. The molecule has 0 saturated carbocycles. The third kappa shape index (κ3) is 13.7. The Labute approximate surface area is 410 Å². The Kier molecular flexibility index (Phi) is 18.5. The Morgan fingerprint density at radius 2 is 1.00 bits per heavy atom. The van der Waals surface area contributed by atoms with Gasteiger partial charge in [0, 0.05) is 62.2 Å². The number of aryl methyl sites for hydroxylation is 4. The van der Waals surface area contributed by atoms with E-state index in [2.05, 4.69) is 37.2 Å². The number of benzene rings is 4. The van der Waals surface area contributed by atoms with Crippen molar-refractivity contribution < 1.29 is 24.3 Å². The number of amides is 3. The van der Waals surface area contributed by atoms with Gasteiger partial charge in [0.25, 0.3) is 11.8 Å². The number of halogens is 4. The maximum absolute atomic E-state index is 12.7. The number of aromatic nitrogens is 2. The summed E-state index contributed by atoms with van der Waals surface area (Å²) in [7, 11) is 0. The van der Waals surface area contributed by atoms with Crippen molar-refractivity contribution in [2.45, 2.75) is 103 Å². The molecular weight excluding hydrogens is 934 g/mol. The van der Waals surface area contributed by atoms with Crippen molar-refractivity contribution in [1.29, 1.82) is 0 Å². The Hall–Kier alpha value is -5.60. The molecule has 2 aliphatic rings. The molecular formula is C50H58Cl4N8O5. The van der Waals surface area contributed by atoms with Crippen LogP contribution in [0.5, 0.6) is 0 Å². The molecule has 13 nitrogen and oxygen atoms in total. The van der Waals surface area contributed by atoms with Gasteiger partial charge in [0.15, 0.2) is 0 Å². The number of carbonyl (C=O) groups is 4. The number of nitrogens with one attached hydrogen (secondary N) is 3. The number of aliphatic carboxylic acids is 1. The van der Waals surface area contributed by atoms with E-state index >= 15 is 0 Å². The molecule has 0 atom stereocenters. The van der Waals surface area contributed by atoms with E-state index in [0.717, 1.165) is 106 Å². The van der Waals surface area contributed by atoms with Crippen LogP contribution in [-0.2, 0) is 35.5 Å². The lowest BCUT2D eigenvalue weighted by atomic mass is 10.0. The van der Waals surface area contributed by atoms with Crippen molar-refractivity contribution >= 4 is 115 Å².